The van der Waals surface area contributed by atoms with Gasteiger partial charge in [0.25, 0.3) is 0 Å². The minimum Gasteiger partial charge on any atom is -0.497 e. The summed E-state index contributed by atoms with van der Waals surface area (Å²) in [6.07, 6.45) is 4.55. The summed E-state index contributed by atoms with van der Waals surface area (Å²) >= 11 is 0. The minimum atomic E-state index is -0.277. The summed E-state index contributed by atoms with van der Waals surface area (Å²) in [6, 6.07) is 13.1. The number of fused-ring (bicyclic) bond motifs is 2. The molecule has 0 atom stereocenters. The first-order chi connectivity index (χ1) is 16.1. The van der Waals surface area contributed by atoms with Crippen LogP contribution < -0.4 is 9.64 Å². The van der Waals surface area contributed by atoms with E-state index in [1.165, 1.54) is 6.07 Å². The van der Waals surface area contributed by atoms with Crippen LogP contribution >= 0.6 is 0 Å². The van der Waals surface area contributed by atoms with Gasteiger partial charge in [0.15, 0.2) is 0 Å². The van der Waals surface area contributed by atoms with E-state index < -0.39 is 0 Å². The minimum absolute atomic E-state index is 0.277. The molecule has 33 heavy (non-hydrogen) atoms. The van der Waals surface area contributed by atoms with E-state index in [0.717, 1.165) is 53.5 Å². The number of aliphatic imine (C=N–C) groups is 1. The van der Waals surface area contributed by atoms with Gasteiger partial charge in [-0.2, -0.15) is 10.2 Å². The number of halogens is 1. The fraction of sp³-hybridized carbons (Fsp3) is 0.240. The third-order valence-corrected chi connectivity index (χ3v) is 6.31. The second-order valence-corrected chi connectivity index (χ2v) is 8.36. The van der Waals surface area contributed by atoms with E-state index in [2.05, 4.69) is 15.1 Å². The van der Waals surface area contributed by atoms with E-state index in [0.29, 0.717) is 23.6 Å². The Kier molecular flexibility index (Phi) is 4.53. The Morgan fingerprint density at radius 1 is 1.03 bits per heavy atom. The number of anilines is 1. The SMILES string of the molecule is COc1ccc(Cn2ncc3c2-c2cnn4c2N(CCC4)C(c2c(C)cccc2F)=N3)cc1. The number of ether oxygens (including phenoxy) is 1. The standard InChI is InChI=1S/C25H23FN6O/c1-16-5-3-6-20(26)22(16)24-29-21-14-28-32(15-17-7-9-18(33-2)10-8-17)23(21)19-13-27-31-12-4-11-30(24)25(19)31/h3,5-10,13-14H,4,11-12,15H2,1-2H3. The van der Waals surface area contributed by atoms with Crippen molar-refractivity contribution in [1.29, 1.82) is 0 Å². The number of aromatic nitrogens is 4. The van der Waals surface area contributed by atoms with Crippen LogP contribution in [0, 0.1) is 12.7 Å². The molecule has 0 saturated heterocycles. The molecule has 0 aliphatic carbocycles. The van der Waals surface area contributed by atoms with Gasteiger partial charge in [0, 0.05) is 13.1 Å². The Labute approximate surface area is 190 Å². The molecular weight excluding hydrogens is 419 g/mol. The molecule has 2 aromatic carbocycles. The highest BCUT2D eigenvalue weighted by Gasteiger charge is 2.34. The molecule has 6 rings (SSSR count). The molecular formula is C25H23FN6O. The maximum Gasteiger partial charge on any atom is 0.145 e. The summed E-state index contributed by atoms with van der Waals surface area (Å²) in [4.78, 5) is 7.10. The quantitative estimate of drug-likeness (QED) is 0.465. The lowest BCUT2D eigenvalue weighted by molar-refractivity contribution is 0.414. The first kappa shape index (κ1) is 19.7. The van der Waals surface area contributed by atoms with Gasteiger partial charge in [-0.25, -0.2) is 14.1 Å². The topological polar surface area (TPSA) is 60.5 Å². The Balaban J connectivity index is 1.54. The third-order valence-electron chi connectivity index (χ3n) is 6.31. The molecule has 4 aromatic rings. The third kappa shape index (κ3) is 3.13. The van der Waals surface area contributed by atoms with Gasteiger partial charge >= 0.3 is 0 Å². The molecule has 0 spiro atoms. The smallest absolute Gasteiger partial charge is 0.145 e. The average molecular weight is 442 g/mol. The Morgan fingerprint density at radius 3 is 2.67 bits per heavy atom. The zero-order valence-electron chi connectivity index (χ0n) is 18.5. The van der Waals surface area contributed by atoms with Gasteiger partial charge in [-0.15, -0.1) is 0 Å². The highest BCUT2D eigenvalue weighted by molar-refractivity contribution is 6.15. The maximum atomic E-state index is 15.1. The van der Waals surface area contributed by atoms with E-state index in [4.69, 9.17) is 9.73 Å². The number of hydrogen-bond acceptors (Lipinski definition) is 5. The fourth-order valence-corrected chi connectivity index (χ4v) is 4.72. The summed E-state index contributed by atoms with van der Waals surface area (Å²) in [7, 11) is 1.66. The number of amidine groups is 1. The number of nitrogens with zero attached hydrogens (tertiary/aromatic N) is 6. The zero-order chi connectivity index (χ0) is 22.5. The predicted molar refractivity (Wildman–Crippen MR) is 125 cm³/mol. The van der Waals surface area contributed by atoms with E-state index in [1.54, 1.807) is 19.4 Å². The number of aryl methyl sites for hydroxylation is 2. The van der Waals surface area contributed by atoms with Crippen LogP contribution in [0.1, 0.15) is 23.1 Å². The van der Waals surface area contributed by atoms with Crippen LogP contribution in [0.4, 0.5) is 15.9 Å². The molecule has 166 valence electrons. The van der Waals surface area contributed by atoms with Crippen LogP contribution in [0.25, 0.3) is 11.3 Å². The number of methoxy groups -OCH3 is 1. The van der Waals surface area contributed by atoms with E-state index in [1.807, 2.05) is 52.8 Å². The number of hydrogen-bond donors (Lipinski definition) is 0. The Morgan fingerprint density at radius 2 is 1.88 bits per heavy atom. The maximum absolute atomic E-state index is 15.1. The first-order valence-electron chi connectivity index (χ1n) is 11.0. The normalized spacial score (nSPS) is 14.4. The van der Waals surface area contributed by atoms with Gasteiger partial charge in [-0.1, -0.05) is 24.3 Å². The van der Waals surface area contributed by atoms with Crippen molar-refractivity contribution in [3.05, 3.63) is 77.4 Å². The molecule has 0 N–H and O–H groups in total. The van der Waals surface area contributed by atoms with Crippen molar-refractivity contribution in [2.24, 2.45) is 4.99 Å². The molecule has 0 unspecified atom stereocenters. The van der Waals surface area contributed by atoms with Crippen LogP contribution in [-0.4, -0.2) is 39.1 Å². The van der Waals surface area contributed by atoms with E-state index in [9.17, 15) is 0 Å². The molecule has 4 heterocycles. The van der Waals surface area contributed by atoms with Crippen LogP contribution in [-0.2, 0) is 13.1 Å². The van der Waals surface area contributed by atoms with Crippen LogP contribution in [0.15, 0.2) is 59.9 Å². The van der Waals surface area contributed by atoms with Gasteiger partial charge in [0.05, 0.1) is 42.9 Å². The second-order valence-electron chi connectivity index (χ2n) is 8.36. The molecule has 0 radical (unpaired) electrons. The number of benzene rings is 2. The Bertz CT molecular complexity index is 1360. The van der Waals surface area contributed by atoms with E-state index in [-0.39, 0.29) is 5.82 Å². The lowest BCUT2D eigenvalue weighted by Gasteiger charge is -2.31. The highest BCUT2D eigenvalue weighted by atomic mass is 19.1. The molecule has 0 fully saturated rings. The monoisotopic (exact) mass is 442 g/mol. The van der Waals surface area contributed by atoms with Gasteiger partial charge in [-0.05, 0) is 42.7 Å². The largest absolute Gasteiger partial charge is 0.497 e. The second kappa shape index (κ2) is 7.58. The number of rotatable bonds is 4. The molecule has 2 aromatic heterocycles. The summed E-state index contributed by atoms with van der Waals surface area (Å²) in [5.74, 6) is 2.09. The van der Waals surface area contributed by atoms with Gasteiger partial charge in [0.2, 0.25) is 0 Å². The van der Waals surface area contributed by atoms with Crippen molar-refractivity contribution in [2.75, 3.05) is 18.6 Å². The molecule has 7 nitrogen and oxygen atoms in total. The lowest BCUT2D eigenvalue weighted by Crippen LogP contribution is -2.38. The molecule has 2 aliphatic rings. The van der Waals surface area contributed by atoms with Crippen LogP contribution in [0.5, 0.6) is 5.75 Å². The van der Waals surface area contributed by atoms with Crippen molar-refractivity contribution in [3.63, 3.8) is 0 Å². The van der Waals surface area contributed by atoms with Crippen molar-refractivity contribution in [1.82, 2.24) is 19.6 Å². The van der Waals surface area contributed by atoms with Crippen LogP contribution in [0.3, 0.4) is 0 Å². The van der Waals surface area contributed by atoms with Gasteiger partial charge < -0.3 is 9.64 Å². The highest BCUT2D eigenvalue weighted by Crippen LogP contribution is 2.43. The van der Waals surface area contributed by atoms with E-state index >= 15 is 4.39 Å². The summed E-state index contributed by atoms with van der Waals surface area (Å²) < 4.78 is 24.3. The summed E-state index contributed by atoms with van der Waals surface area (Å²) in [5, 5.41) is 9.31. The first-order valence-corrected chi connectivity index (χ1v) is 11.0. The predicted octanol–water partition coefficient (Wildman–Crippen LogP) is 4.55. The molecule has 2 aliphatic heterocycles. The molecule has 0 amide bonds. The van der Waals surface area contributed by atoms with Crippen molar-refractivity contribution in [2.45, 2.75) is 26.4 Å². The zero-order valence-corrected chi connectivity index (χ0v) is 18.5. The van der Waals surface area contributed by atoms with Crippen molar-refractivity contribution in [3.8, 4) is 17.0 Å². The molecule has 0 saturated carbocycles. The van der Waals surface area contributed by atoms with Gasteiger partial charge in [-0.3, -0.25) is 4.68 Å². The Hall–Kier alpha value is -3.94. The van der Waals surface area contributed by atoms with Crippen molar-refractivity contribution < 1.29 is 9.13 Å². The average Bonchev–Trinajstić information content (AvgIpc) is 3.38. The lowest BCUT2D eigenvalue weighted by atomic mass is 10.1. The summed E-state index contributed by atoms with van der Waals surface area (Å²) in [6.45, 7) is 4.06. The summed E-state index contributed by atoms with van der Waals surface area (Å²) in [5.41, 5.74) is 5.03. The van der Waals surface area contributed by atoms with Crippen LogP contribution in [0.2, 0.25) is 0 Å². The molecule has 0 bridgehead atoms. The van der Waals surface area contributed by atoms with Gasteiger partial charge in [0.1, 0.15) is 28.9 Å². The fourth-order valence-electron chi connectivity index (χ4n) is 4.72. The molecule has 8 heteroatoms. The van der Waals surface area contributed by atoms with Crippen molar-refractivity contribution >= 4 is 17.3 Å².